The van der Waals surface area contributed by atoms with Crippen molar-refractivity contribution in [1.29, 1.82) is 5.26 Å². The van der Waals surface area contributed by atoms with E-state index in [2.05, 4.69) is 42.1 Å². The van der Waals surface area contributed by atoms with Gasteiger partial charge in [-0.25, -0.2) is 0 Å². The van der Waals surface area contributed by atoms with Gasteiger partial charge < -0.3 is 9.84 Å². The van der Waals surface area contributed by atoms with Crippen molar-refractivity contribution in [2.24, 2.45) is 10.2 Å². The SMILES string of the molecule is COCCn1c(O)c(C#N)c(C)c(N=Nc2c(Br)cc([N+](=O)[O-])cc2Br)c1=O. The van der Waals surface area contributed by atoms with E-state index >= 15 is 0 Å². The van der Waals surface area contributed by atoms with E-state index < -0.39 is 16.4 Å². The molecule has 0 amide bonds. The number of nitriles is 1. The highest BCUT2D eigenvalue weighted by molar-refractivity contribution is 9.11. The number of halogens is 2. The fourth-order valence-electron chi connectivity index (χ4n) is 2.30. The molecule has 0 aliphatic carbocycles. The average Bonchev–Trinajstić information content (AvgIpc) is 2.63. The number of hydrogen-bond acceptors (Lipinski definition) is 8. The maximum atomic E-state index is 12.7. The van der Waals surface area contributed by atoms with E-state index in [1.807, 2.05) is 6.07 Å². The maximum Gasteiger partial charge on any atom is 0.281 e. The minimum Gasteiger partial charge on any atom is -0.493 e. The molecule has 2 rings (SSSR count). The molecule has 0 bridgehead atoms. The van der Waals surface area contributed by atoms with Crippen molar-refractivity contribution < 1.29 is 14.8 Å². The first-order valence-electron chi connectivity index (χ1n) is 7.63. The lowest BCUT2D eigenvalue weighted by molar-refractivity contribution is -0.385. The number of ether oxygens (including phenoxy) is 1. The second-order valence-corrected chi connectivity index (χ2v) is 7.16. The van der Waals surface area contributed by atoms with Crippen molar-refractivity contribution in [2.45, 2.75) is 13.5 Å². The standard InChI is InChI=1S/C16H13Br2N5O5/c1-8-10(7-19)15(24)22(3-4-28-2)16(25)13(8)20-21-14-11(17)5-9(23(26)27)6-12(14)18/h5-6,24H,3-4H2,1-2H3. The Morgan fingerprint density at radius 1 is 1.32 bits per heavy atom. The van der Waals surface area contributed by atoms with E-state index in [1.165, 1.54) is 26.2 Å². The van der Waals surface area contributed by atoms with Gasteiger partial charge in [0.25, 0.3) is 11.2 Å². The minimum absolute atomic E-state index is 0.0174. The van der Waals surface area contributed by atoms with Crippen LogP contribution in [0.4, 0.5) is 17.1 Å². The summed E-state index contributed by atoms with van der Waals surface area (Å²) in [7, 11) is 1.44. The van der Waals surface area contributed by atoms with Crippen LogP contribution < -0.4 is 5.56 Å². The Labute approximate surface area is 175 Å². The van der Waals surface area contributed by atoms with Gasteiger partial charge in [0.2, 0.25) is 5.88 Å². The normalized spacial score (nSPS) is 11.0. The van der Waals surface area contributed by atoms with E-state index in [4.69, 9.17) is 4.74 Å². The summed E-state index contributed by atoms with van der Waals surface area (Å²) in [6, 6.07) is 4.34. The van der Waals surface area contributed by atoms with Crippen LogP contribution in [0.25, 0.3) is 0 Å². The highest BCUT2D eigenvalue weighted by Gasteiger charge is 2.20. The summed E-state index contributed by atoms with van der Waals surface area (Å²) in [5, 5.41) is 38.4. The summed E-state index contributed by atoms with van der Waals surface area (Å²) < 4.78 is 6.46. The molecule has 0 radical (unpaired) electrons. The molecule has 1 N–H and O–H groups in total. The van der Waals surface area contributed by atoms with E-state index in [1.54, 1.807) is 0 Å². The number of methoxy groups -OCH3 is 1. The van der Waals surface area contributed by atoms with Crippen molar-refractivity contribution in [3.8, 4) is 11.9 Å². The van der Waals surface area contributed by atoms with E-state index in [9.17, 15) is 25.3 Å². The molecule has 10 nitrogen and oxygen atoms in total. The van der Waals surface area contributed by atoms with Gasteiger partial charge in [-0.05, 0) is 38.8 Å². The lowest BCUT2D eigenvalue weighted by atomic mass is 10.1. The molecule has 28 heavy (non-hydrogen) atoms. The topological polar surface area (TPSA) is 143 Å². The Bertz CT molecular complexity index is 1050. The molecule has 1 aromatic carbocycles. The minimum atomic E-state index is -0.649. The number of nitro groups is 1. The van der Waals surface area contributed by atoms with Crippen LogP contribution in [-0.2, 0) is 11.3 Å². The zero-order valence-corrected chi connectivity index (χ0v) is 17.8. The van der Waals surface area contributed by atoms with Crippen molar-refractivity contribution in [2.75, 3.05) is 13.7 Å². The molecule has 2 aromatic rings. The number of aromatic nitrogens is 1. The maximum absolute atomic E-state index is 12.7. The third-order valence-corrected chi connectivity index (χ3v) is 4.96. The third kappa shape index (κ3) is 4.27. The molecular formula is C16H13Br2N5O5. The van der Waals surface area contributed by atoms with E-state index in [-0.39, 0.29) is 50.3 Å². The molecule has 0 saturated carbocycles. The Morgan fingerprint density at radius 2 is 1.89 bits per heavy atom. The molecule has 1 aromatic heterocycles. The van der Waals surface area contributed by atoms with Crippen molar-refractivity contribution >= 4 is 48.9 Å². The number of pyridine rings is 1. The first kappa shape index (κ1) is 21.7. The number of hydrogen-bond donors (Lipinski definition) is 1. The lowest BCUT2D eigenvalue weighted by Crippen LogP contribution is -2.23. The van der Waals surface area contributed by atoms with Crippen LogP contribution in [0.5, 0.6) is 5.88 Å². The second kappa shape index (κ2) is 9.05. The number of aromatic hydroxyl groups is 1. The van der Waals surface area contributed by atoms with Crippen LogP contribution in [0.3, 0.4) is 0 Å². The first-order valence-corrected chi connectivity index (χ1v) is 9.22. The van der Waals surface area contributed by atoms with E-state index in [0.29, 0.717) is 0 Å². The average molecular weight is 515 g/mol. The first-order chi connectivity index (χ1) is 13.2. The summed E-state index contributed by atoms with van der Waals surface area (Å²) in [6.45, 7) is 1.62. The smallest absolute Gasteiger partial charge is 0.281 e. The molecule has 0 aliphatic heterocycles. The number of non-ortho nitro benzene ring substituents is 1. The van der Waals surface area contributed by atoms with Gasteiger partial charge in [-0.2, -0.15) is 5.26 Å². The summed E-state index contributed by atoms with van der Waals surface area (Å²) in [5.74, 6) is -0.473. The van der Waals surface area contributed by atoms with Crippen LogP contribution in [0, 0.1) is 28.4 Å². The molecule has 0 atom stereocenters. The molecule has 0 fully saturated rings. The quantitative estimate of drug-likeness (QED) is 0.347. The van der Waals surface area contributed by atoms with Crippen molar-refractivity contribution in [1.82, 2.24) is 4.57 Å². The number of nitrogens with zero attached hydrogens (tertiary/aromatic N) is 5. The second-order valence-electron chi connectivity index (χ2n) is 5.45. The predicted molar refractivity (Wildman–Crippen MR) is 106 cm³/mol. The Hall–Kier alpha value is -2.62. The zero-order valence-electron chi connectivity index (χ0n) is 14.6. The van der Waals surface area contributed by atoms with Gasteiger partial charge in [-0.1, -0.05) is 0 Å². The zero-order chi connectivity index (χ0) is 21.0. The van der Waals surface area contributed by atoms with Gasteiger partial charge in [-0.15, -0.1) is 10.2 Å². The molecule has 0 unspecified atom stereocenters. The van der Waals surface area contributed by atoms with Gasteiger partial charge in [0.15, 0.2) is 5.69 Å². The summed E-state index contributed by atoms with van der Waals surface area (Å²) in [4.78, 5) is 23.0. The van der Waals surface area contributed by atoms with E-state index in [0.717, 1.165) is 4.57 Å². The van der Waals surface area contributed by atoms with Gasteiger partial charge >= 0.3 is 0 Å². The largest absolute Gasteiger partial charge is 0.493 e. The number of nitro benzene ring substituents is 1. The Kier molecular flexibility index (Phi) is 7.00. The third-order valence-electron chi connectivity index (χ3n) is 3.75. The number of azo groups is 1. The van der Waals surface area contributed by atoms with Crippen molar-refractivity contribution in [3.63, 3.8) is 0 Å². The van der Waals surface area contributed by atoms with Crippen LogP contribution in [0.2, 0.25) is 0 Å². The predicted octanol–water partition coefficient (Wildman–Crippen LogP) is 4.23. The van der Waals surface area contributed by atoms with Crippen molar-refractivity contribution in [3.05, 3.63) is 52.7 Å². The molecule has 0 saturated heterocycles. The van der Waals surface area contributed by atoms with Gasteiger partial charge in [-0.3, -0.25) is 19.5 Å². The van der Waals surface area contributed by atoms with Gasteiger partial charge in [0, 0.05) is 24.8 Å². The Morgan fingerprint density at radius 3 is 2.39 bits per heavy atom. The number of benzene rings is 1. The fraction of sp³-hybridized carbons (Fsp3) is 0.250. The highest BCUT2D eigenvalue weighted by atomic mass is 79.9. The van der Waals surface area contributed by atoms with Crippen LogP contribution in [0.15, 0.2) is 36.1 Å². The van der Waals surface area contributed by atoms with Crippen LogP contribution >= 0.6 is 31.9 Å². The fourth-order valence-corrected chi connectivity index (χ4v) is 3.62. The molecule has 0 spiro atoms. The molecular weight excluding hydrogens is 502 g/mol. The number of rotatable bonds is 6. The molecule has 0 aliphatic rings. The molecule has 146 valence electrons. The lowest BCUT2D eigenvalue weighted by Gasteiger charge is -2.12. The van der Waals surface area contributed by atoms with Gasteiger partial charge in [0.05, 0.1) is 27.0 Å². The van der Waals surface area contributed by atoms with Crippen LogP contribution in [0.1, 0.15) is 11.1 Å². The molecule has 1 heterocycles. The summed E-state index contributed by atoms with van der Waals surface area (Å²) >= 11 is 6.37. The van der Waals surface area contributed by atoms with Gasteiger partial charge in [0.1, 0.15) is 17.3 Å². The summed E-state index contributed by atoms with van der Waals surface area (Å²) in [5.41, 5.74) is -0.666. The summed E-state index contributed by atoms with van der Waals surface area (Å²) in [6.07, 6.45) is 0. The van der Waals surface area contributed by atoms with Crippen LogP contribution in [-0.4, -0.2) is 28.3 Å². The highest BCUT2D eigenvalue weighted by Crippen LogP contribution is 2.38. The monoisotopic (exact) mass is 513 g/mol. The molecule has 12 heteroatoms. The Balaban J connectivity index is 2.62.